The Morgan fingerprint density at radius 3 is 2.62 bits per heavy atom. The standard InChI is InChI=1S/C12H8N2O2/c15-8-14-9-5-6-11(13-7-9)10-3-1-2-4-12(10)16/h1-7,16H. The maximum absolute atomic E-state index is 10.0. The van der Waals surface area contributed by atoms with Crippen LogP contribution in [0.3, 0.4) is 0 Å². The predicted octanol–water partition coefficient (Wildman–Crippen LogP) is 2.42. The number of para-hydroxylation sites is 1. The highest BCUT2D eigenvalue weighted by molar-refractivity contribution is 5.67. The summed E-state index contributed by atoms with van der Waals surface area (Å²) in [5.41, 5.74) is 1.71. The topological polar surface area (TPSA) is 62.5 Å². The molecule has 0 spiro atoms. The fourth-order valence-electron chi connectivity index (χ4n) is 1.35. The molecule has 0 bridgehead atoms. The zero-order chi connectivity index (χ0) is 11.4. The molecule has 0 unspecified atom stereocenters. The van der Waals surface area contributed by atoms with E-state index in [2.05, 4.69) is 9.98 Å². The van der Waals surface area contributed by atoms with Gasteiger partial charge in [-0.05, 0) is 24.3 Å². The van der Waals surface area contributed by atoms with Crippen molar-refractivity contribution in [3.05, 3.63) is 42.6 Å². The van der Waals surface area contributed by atoms with Crippen LogP contribution >= 0.6 is 0 Å². The lowest BCUT2D eigenvalue weighted by Crippen LogP contribution is -1.82. The van der Waals surface area contributed by atoms with Gasteiger partial charge in [-0.2, -0.15) is 4.99 Å². The summed E-state index contributed by atoms with van der Waals surface area (Å²) < 4.78 is 0. The van der Waals surface area contributed by atoms with Crippen molar-refractivity contribution in [1.82, 2.24) is 4.98 Å². The number of isocyanates is 1. The summed E-state index contributed by atoms with van der Waals surface area (Å²) in [7, 11) is 0. The smallest absolute Gasteiger partial charge is 0.240 e. The van der Waals surface area contributed by atoms with Crippen LogP contribution in [0.4, 0.5) is 5.69 Å². The molecular formula is C12H8N2O2. The summed E-state index contributed by atoms with van der Waals surface area (Å²) in [5, 5.41) is 9.61. The van der Waals surface area contributed by atoms with Gasteiger partial charge in [-0.3, -0.25) is 4.98 Å². The SMILES string of the molecule is O=C=Nc1ccc(-c2ccccc2O)nc1. The Hall–Kier alpha value is -2.45. The Labute approximate surface area is 91.9 Å². The number of benzene rings is 1. The van der Waals surface area contributed by atoms with Crippen molar-refractivity contribution in [3.63, 3.8) is 0 Å². The molecule has 1 N–H and O–H groups in total. The number of pyridine rings is 1. The summed E-state index contributed by atoms with van der Waals surface area (Å²) in [6.45, 7) is 0. The van der Waals surface area contributed by atoms with Crippen LogP contribution < -0.4 is 0 Å². The molecule has 2 rings (SSSR count). The van der Waals surface area contributed by atoms with Gasteiger partial charge < -0.3 is 5.11 Å². The van der Waals surface area contributed by atoms with Gasteiger partial charge in [0.25, 0.3) is 0 Å². The van der Waals surface area contributed by atoms with E-state index >= 15 is 0 Å². The van der Waals surface area contributed by atoms with Crippen molar-refractivity contribution in [2.24, 2.45) is 4.99 Å². The number of phenols is 1. The zero-order valence-electron chi connectivity index (χ0n) is 8.29. The molecule has 1 aromatic heterocycles. The maximum atomic E-state index is 10.0. The minimum absolute atomic E-state index is 0.168. The number of carbonyl (C=O) groups excluding carboxylic acids is 1. The summed E-state index contributed by atoms with van der Waals surface area (Å²) in [6, 6.07) is 10.2. The molecule has 4 nitrogen and oxygen atoms in total. The lowest BCUT2D eigenvalue weighted by Gasteiger charge is -2.02. The number of aromatic nitrogens is 1. The number of phenolic OH excluding ortho intramolecular Hbond substituents is 1. The van der Waals surface area contributed by atoms with E-state index in [0.29, 0.717) is 16.9 Å². The first-order valence-corrected chi connectivity index (χ1v) is 4.63. The van der Waals surface area contributed by atoms with Crippen LogP contribution in [0.15, 0.2) is 47.6 Å². The largest absolute Gasteiger partial charge is 0.507 e. The third kappa shape index (κ3) is 1.97. The lowest BCUT2D eigenvalue weighted by atomic mass is 10.1. The van der Waals surface area contributed by atoms with Gasteiger partial charge in [0.15, 0.2) is 0 Å². The van der Waals surface area contributed by atoms with E-state index in [0.717, 1.165) is 0 Å². The number of aliphatic imine (C=N–C) groups is 1. The van der Waals surface area contributed by atoms with Crippen LogP contribution in [0.2, 0.25) is 0 Å². The van der Waals surface area contributed by atoms with E-state index in [-0.39, 0.29) is 5.75 Å². The van der Waals surface area contributed by atoms with Gasteiger partial charge >= 0.3 is 0 Å². The maximum Gasteiger partial charge on any atom is 0.240 e. The first-order valence-electron chi connectivity index (χ1n) is 4.63. The molecule has 0 atom stereocenters. The monoisotopic (exact) mass is 212 g/mol. The second kappa shape index (κ2) is 4.38. The van der Waals surface area contributed by atoms with Crippen LogP contribution in [0.1, 0.15) is 0 Å². The van der Waals surface area contributed by atoms with E-state index in [1.54, 1.807) is 30.3 Å². The fraction of sp³-hybridized carbons (Fsp3) is 0. The van der Waals surface area contributed by atoms with Gasteiger partial charge in [-0.1, -0.05) is 12.1 Å². The number of aromatic hydroxyl groups is 1. The molecule has 1 heterocycles. The van der Waals surface area contributed by atoms with Crippen LogP contribution in [-0.4, -0.2) is 16.2 Å². The van der Waals surface area contributed by atoms with Crippen molar-refractivity contribution in [2.45, 2.75) is 0 Å². The summed E-state index contributed by atoms with van der Waals surface area (Å²) in [5.74, 6) is 0.168. The van der Waals surface area contributed by atoms with Crippen LogP contribution in [0.25, 0.3) is 11.3 Å². The lowest BCUT2D eigenvalue weighted by molar-refractivity contribution is 0.477. The molecule has 0 aliphatic rings. The molecule has 0 radical (unpaired) electrons. The predicted molar refractivity (Wildman–Crippen MR) is 59.1 cm³/mol. The highest BCUT2D eigenvalue weighted by Crippen LogP contribution is 2.27. The second-order valence-corrected chi connectivity index (χ2v) is 3.12. The van der Waals surface area contributed by atoms with Gasteiger partial charge in [0.05, 0.1) is 17.6 Å². The highest BCUT2D eigenvalue weighted by atomic mass is 16.3. The summed E-state index contributed by atoms with van der Waals surface area (Å²) >= 11 is 0. The fourth-order valence-corrected chi connectivity index (χ4v) is 1.35. The van der Waals surface area contributed by atoms with Crippen LogP contribution in [-0.2, 0) is 4.79 Å². The molecule has 0 saturated heterocycles. The molecule has 0 aliphatic carbocycles. The average Bonchev–Trinajstić information content (AvgIpc) is 2.31. The molecule has 0 saturated carbocycles. The van der Waals surface area contributed by atoms with Crippen molar-refractivity contribution >= 4 is 11.8 Å². The third-order valence-electron chi connectivity index (χ3n) is 2.10. The Morgan fingerprint density at radius 2 is 2.00 bits per heavy atom. The molecule has 0 fully saturated rings. The number of hydrogen-bond acceptors (Lipinski definition) is 4. The van der Waals surface area contributed by atoms with Gasteiger partial charge in [0, 0.05) is 5.56 Å². The molecule has 2 aromatic rings. The van der Waals surface area contributed by atoms with Gasteiger partial charge in [-0.25, -0.2) is 4.79 Å². The van der Waals surface area contributed by atoms with E-state index in [1.807, 2.05) is 6.07 Å². The summed E-state index contributed by atoms with van der Waals surface area (Å²) in [4.78, 5) is 17.6. The summed E-state index contributed by atoms with van der Waals surface area (Å²) in [6.07, 6.45) is 2.89. The molecule has 0 amide bonds. The quantitative estimate of drug-likeness (QED) is 0.614. The van der Waals surface area contributed by atoms with Crippen LogP contribution in [0, 0.1) is 0 Å². The first kappa shape index (κ1) is 10.1. The molecule has 0 aliphatic heterocycles. The third-order valence-corrected chi connectivity index (χ3v) is 2.10. The Bertz CT molecular complexity index is 543. The van der Waals surface area contributed by atoms with Gasteiger partial charge in [0.2, 0.25) is 6.08 Å². The van der Waals surface area contributed by atoms with Crippen molar-refractivity contribution in [3.8, 4) is 17.0 Å². The van der Waals surface area contributed by atoms with Gasteiger partial charge in [-0.15, -0.1) is 0 Å². The Kier molecular flexibility index (Phi) is 2.76. The Balaban J connectivity index is 2.42. The van der Waals surface area contributed by atoms with E-state index < -0.39 is 0 Å². The van der Waals surface area contributed by atoms with E-state index in [1.165, 1.54) is 12.3 Å². The molecule has 16 heavy (non-hydrogen) atoms. The van der Waals surface area contributed by atoms with Crippen molar-refractivity contribution in [1.29, 1.82) is 0 Å². The normalized spacial score (nSPS) is 9.50. The molecule has 78 valence electrons. The molecule has 1 aromatic carbocycles. The highest BCUT2D eigenvalue weighted by Gasteiger charge is 2.03. The number of hydrogen-bond donors (Lipinski definition) is 1. The number of nitrogens with zero attached hydrogens (tertiary/aromatic N) is 2. The van der Waals surface area contributed by atoms with Crippen molar-refractivity contribution in [2.75, 3.05) is 0 Å². The van der Waals surface area contributed by atoms with Crippen LogP contribution in [0.5, 0.6) is 5.75 Å². The number of rotatable bonds is 2. The zero-order valence-corrected chi connectivity index (χ0v) is 8.29. The minimum atomic E-state index is 0.168. The second-order valence-electron chi connectivity index (χ2n) is 3.12. The average molecular weight is 212 g/mol. The van der Waals surface area contributed by atoms with Gasteiger partial charge in [0.1, 0.15) is 5.75 Å². The Morgan fingerprint density at radius 1 is 1.19 bits per heavy atom. The van der Waals surface area contributed by atoms with E-state index in [9.17, 15) is 9.90 Å². The molecule has 4 heteroatoms. The first-order chi connectivity index (χ1) is 7.81. The van der Waals surface area contributed by atoms with Crippen molar-refractivity contribution < 1.29 is 9.90 Å². The van der Waals surface area contributed by atoms with E-state index in [4.69, 9.17) is 0 Å². The minimum Gasteiger partial charge on any atom is -0.507 e. The molecular weight excluding hydrogens is 204 g/mol.